The average molecular weight is 319 g/mol. The van der Waals surface area contributed by atoms with Crippen LogP contribution in [0.3, 0.4) is 0 Å². The SMILES string of the molecule is Fc1ccc(-c2cnc3ccc(NCc4ccccn4)nn23)cc1. The molecular weight excluding hydrogens is 305 g/mol. The number of halogens is 1. The Morgan fingerprint density at radius 1 is 0.958 bits per heavy atom. The smallest absolute Gasteiger partial charge is 0.154 e. The first-order chi connectivity index (χ1) is 11.8. The average Bonchev–Trinajstić information content (AvgIpc) is 3.05. The van der Waals surface area contributed by atoms with Gasteiger partial charge in [0.15, 0.2) is 5.65 Å². The molecule has 0 atom stereocenters. The second-order valence-corrected chi connectivity index (χ2v) is 5.31. The molecule has 0 saturated carbocycles. The van der Waals surface area contributed by atoms with Crippen LogP contribution in [0, 0.1) is 5.82 Å². The number of pyridine rings is 1. The maximum Gasteiger partial charge on any atom is 0.154 e. The summed E-state index contributed by atoms with van der Waals surface area (Å²) in [5.74, 6) is 0.452. The van der Waals surface area contributed by atoms with Crippen molar-refractivity contribution in [2.24, 2.45) is 0 Å². The van der Waals surface area contributed by atoms with Crippen LogP contribution in [0.15, 0.2) is 67.0 Å². The Labute approximate surface area is 137 Å². The summed E-state index contributed by atoms with van der Waals surface area (Å²) in [5, 5.41) is 7.82. The van der Waals surface area contributed by atoms with E-state index in [0.717, 1.165) is 28.4 Å². The molecule has 3 aromatic heterocycles. The van der Waals surface area contributed by atoms with Crippen molar-refractivity contribution in [2.75, 3.05) is 5.32 Å². The van der Waals surface area contributed by atoms with Crippen LogP contribution in [0.5, 0.6) is 0 Å². The van der Waals surface area contributed by atoms with Crippen LogP contribution in [-0.2, 0) is 6.54 Å². The normalized spacial score (nSPS) is 10.9. The zero-order valence-electron chi connectivity index (χ0n) is 12.7. The molecule has 0 spiro atoms. The zero-order chi connectivity index (χ0) is 16.4. The Morgan fingerprint density at radius 3 is 2.62 bits per heavy atom. The molecule has 0 fully saturated rings. The van der Waals surface area contributed by atoms with Gasteiger partial charge >= 0.3 is 0 Å². The van der Waals surface area contributed by atoms with Crippen molar-refractivity contribution in [2.45, 2.75) is 6.54 Å². The molecule has 0 unspecified atom stereocenters. The number of imidazole rings is 1. The van der Waals surface area contributed by atoms with E-state index in [1.807, 2.05) is 30.3 Å². The number of nitrogens with zero attached hydrogens (tertiary/aromatic N) is 4. The molecule has 0 aliphatic heterocycles. The maximum absolute atomic E-state index is 13.1. The highest BCUT2D eigenvalue weighted by Crippen LogP contribution is 2.21. The van der Waals surface area contributed by atoms with Gasteiger partial charge in [-0.15, -0.1) is 5.10 Å². The molecule has 0 radical (unpaired) electrons. The van der Waals surface area contributed by atoms with Crippen LogP contribution < -0.4 is 5.32 Å². The van der Waals surface area contributed by atoms with E-state index >= 15 is 0 Å². The topological polar surface area (TPSA) is 55.1 Å². The maximum atomic E-state index is 13.1. The standard InChI is InChI=1S/C18H14FN5/c19-14-6-4-13(5-7-14)16-12-22-18-9-8-17(23-24(16)18)21-11-15-3-1-2-10-20-15/h1-10,12H,11H2,(H,21,23). The number of aromatic nitrogens is 4. The summed E-state index contributed by atoms with van der Waals surface area (Å²) in [5.41, 5.74) is 3.34. The van der Waals surface area contributed by atoms with Gasteiger partial charge in [-0.3, -0.25) is 4.98 Å². The predicted molar refractivity (Wildman–Crippen MR) is 89.9 cm³/mol. The third kappa shape index (κ3) is 2.81. The first-order valence-corrected chi connectivity index (χ1v) is 7.54. The van der Waals surface area contributed by atoms with Gasteiger partial charge in [-0.1, -0.05) is 6.07 Å². The highest BCUT2D eigenvalue weighted by Gasteiger charge is 2.08. The molecule has 6 heteroatoms. The number of hydrogen-bond donors (Lipinski definition) is 1. The van der Waals surface area contributed by atoms with E-state index < -0.39 is 0 Å². The Kier molecular flexibility index (Phi) is 3.63. The molecule has 0 aliphatic carbocycles. The van der Waals surface area contributed by atoms with Gasteiger partial charge in [0.25, 0.3) is 0 Å². The van der Waals surface area contributed by atoms with E-state index in [4.69, 9.17) is 0 Å². The van der Waals surface area contributed by atoms with Gasteiger partial charge in [0.1, 0.15) is 11.6 Å². The highest BCUT2D eigenvalue weighted by molar-refractivity contribution is 5.63. The lowest BCUT2D eigenvalue weighted by Crippen LogP contribution is -2.05. The van der Waals surface area contributed by atoms with Crippen molar-refractivity contribution < 1.29 is 4.39 Å². The molecule has 4 aromatic rings. The van der Waals surface area contributed by atoms with Crippen LogP contribution in [0.1, 0.15) is 5.69 Å². The first-order valence-electron chi connectivity index (χ1n) is 7.54. The summed E-state index contributed by atoms with van der Waals surface area (Å²) in [4.78, 5) is 8.62. The van der Waals surface area contributed by atoms with Crippen LogP contribution >= 0.6 is 0 Å². The number of hydrogen-bond acceptors (Lipinski definition) is 4. The summed E-state index contributed by atoms with van der Waals surface area (Å²) >= 11 is 0. The molecule has 5 nitrogen and oxygen atoms in total. The Hall–Kier alpha value is -3.28. The zero-order valence-corrected chi connectivity index (χ0v) is 12.7. The molecule has 0 bridgehead atoms. The van der Waals surface area contributed by atoms with Gasteiger partial charge in [-0.05, 0) is 48.5 Å². The molecular formula is C18H14FN5. The molecule has 3 heterocycles. The van der Waals surface area contributed by atoms with Crippen molar-refractivity contribution in [3.63, 3.8) is 0 Å². The molecule has 1 aromatic carbocycles. The fourth-order valence-electron chi connectivity index (χ4n) is 2.47. The minimum atomic E-state index is -0.266. The lowest BCUT2D eigenvalue weighted by molar-refractivity contribution is 0.628. The molecule has 118 valence electrons. The molecule has 0 saturated heterocycles. The summed E-state index contributed by atoms with van der Waals surface area (Å²) < 4.78 is 14.9. The van der Waals surface area contributed by atoms with Gasteiger partial charge in [0.05, 0.1) is 24.1 Å². The van der Waals surface area contributed by atoms with Crippen LogP contribution in [0.2, 0.25) is 0 Å². The lowest BCUT2D eigenvalue weighted by atomic mass is 10.2. The minimum absolute atomic E-state index is 0.266. The second kappa shape index (κ2) is 6.08. The monoisotopic (exact) mass is 319 g/mol. The molecule has 1 N–H and O–H groups in total. The van der Waals surface area contributed by atoms with Crippen molar-refractivity contribution in [1.29, 1.82) is 0 Å². The minimum Gasteiger partial charge on any atom is -0.363 e. The second-order valence-electron chi connectivity index (χ2n) is 5.31. The highest BCUT2D eigenvalue weighted by atomic mass is 19.1. The molecule has 0 amide bonds. The summed E-state index contributed by atoms with van der Waals surface area (Å²) in [6, 6.07) is 15.8. The van der Waals surface area contributed by atoms with E-state index in [2.05, 4.69) is 20.4 Å². The largest absolute Gasteiger partial charge is 0.363 e. The van der Waals surface area contributed by atoms with E-state index in [1.54, 1.807) is 29.0 Å². The lowest BCUT2D eigenvalue weighted by Gasteiger charge is -2.07. The van der Waals surface area contributed by atoms with E-state index in [0.29, 0.717) is 6.54 Å². The predicted octanol–water partition coefficient (Wildman–Crippen LogP) is 3.54. The van der Waals surface area contributed by atoms with Crippen molar-refractivity contribution >= 4 is 11.5 Å². The van der Waals surface area contributed by atoms with Crippen molar-refractivity contribution in [3.8, 4) is 11.3 Å². The van der Waals surface area contributed by atoms with Crippen LogP contribution in [-0.4, -0.2) is 19.6 Å². The Morgan fingerprint density at radius 2 is 1.83 bits per heavy atom. The number of nitrogens with one attached hydrogen (secondary N) is 1. The van der Waals surface area contributed by atoms with Crippen LogP contribution in [0.25, 0.3) is 16.9 Å². The Balaban J connectivity index is 1.64. The quantitative estimate of drug-likeness (QED) is 0.625. The fourth-order valence-corrected chi connectivity index (χ4v) is 2.47. The first kappa shape index (κ1) is 14.3. The summed E-state index contributed by atoms with van der Waals surface area (Å²) in [6.07, 6.45) is 3.49. The Bertz CT molecular complexity index is 964. The van der Waals surface area contributed by atoms with Gasteiger partial charge < -0.3 is 5.32 Å². The third-order valence-electron chi connectivity index (χ3n) is 3.68. The van der Waals surface area contributed by atoms with E-state index in [1.165, 1.54) is 12.1 Å². The van der Waals surface area contributed by atoms with Gasteiger partial charge in [0, 0.05) is 11.8 Å². The van der Waals surface area contributed by atoms with Gasteiger partial charge in [-0.2, -0.15) is 0 Å². The summed E-state index contributed by atoms with van der Waals surface area (Å²) in [6.45, 7) is 0.583. The number of rotatable bonds is 4. The van der Waals surface area contributed by atoms with Gasteiger partial charge in [0.2, 0.25) is 0 Å². The van der Waals surface area contributed by atoms with E-state index in [9.17, 15) is 4.39 Å². The van der Waals surface area contributed by atoms with Crippen LogP contribution in [0.4, 0.5) is 10.2 Å². The van der Waals surface area contributed by atoms with E-state index in [-0.39, 0.29) is 5.82 Å². The van der Waals surface area contributed by atoms with Crippen molar-refractivity contribution in [3.05, 3.63) is 78.5 Å². The molecule has 24 heavy (non-hydrogen) atoms. The number of fused-ring (bicyclic) bond motifs is 1. The number of benzene rings is 1. The molecule has 4 rings (SSSR count). The van der Waals surface area contributed by atoms with Gasteiger partial charge in [-0.25, -0.2) is 13.9 Å². The number of anilines is 1. The van der Waals surface area contributed by atoms with Crippen molar-refractivity contribution in [1.82, 2.24) is 19.6 Å². The summed E-state index contributed by atoms with van der Waals surface area (Å²) in [7, 11) is 0. The molecule has 0 aliphatic rings. The fraction of sp³-hybridized carbons (Fsp3) is 0.0556. The third-order valence-corrected chi connectivity index (χ3v) is 3.68.